The van der Waals surface area contributed by atoms with Gasteiger partial charge in [-0.05, 0) is 33.7 Å². The summed E-state index contributed by atoms with van der Waals surface area (Å²) in [5.41, 5.74) is 1.72. The van der Waals surface area contributed by atoms with Crippen molar-refractivity contribution in [2.75, 3.05) is 11.5 Å². The molecule has 128 valence electrons. The van der Waals surface area contributed by atoms with Gasteiger partial charge in [0.15, 0.2) is 0 Å². The molecule has 0 saturated carbocycles. The summed E-state index contributed by atoms with van der Waals surface area (Å²) >= 11 is 0. The van der Waals surface area contributed by atoms with Gasteiger partial charge in [0.05, 0.1) is 0 Å². The van der Waals surface area contributed by atoms with Crippen LogP contribution in [-0.4, -0.2) is 7.05 Å². The molecule has 0 N–H and O–H groups in total. The zero-order valence-electron chi connectivity index (χ0n) is 14.2. The van der Waals surface area contributed by atoms with Gasteiger partial charge in [0.2, 0.25) is 0 Å². The molecule has 0 bridgehead atoms. The van der Waals surface area contributed by atoms with Gasteiger partial charge in [-0.2, -0.15) is 4.44 Å². The highest BCUT2D eigenvalue weighted by atomic mass is 31.2. The number of hydrogen-bond donors (Lipinski definition) is 0. The largest absolute Gasteiger partial charge is 0.408 e. The number of hydrogen-bond acceptors (Lipinski definition) is 3. The Balaban J connectivity index is 2.18. The van der Waals surface area contributed by atoms with E-state index in [4.69, 9.17) is 8.39 Å². The Morgan fingerprint density at radius 3 is 1.62 bits per heavy atom. The third-order valence-corrected chi connectivity index (χ3v) is 6.43. The highest BCUT2D eigenvalue weighted by Crippen LogP contribution is 2.41. The molecule has 0 radical (unpaired) electrons. The van der Waals surface area contributed by atoms with E-state index >= 15 is 0 Å². The molecule has 0 aliphatic heterocycles. The smallest absolute Gasteiger partial charge is 0.312 e. The first kappa shape index (κ1) is 15.9. The maximum atomic E-state index is 6.31. The zero-order chi connectivity index (χ0) is 17.7. The lowest BCUT2D eigenvalue weighted by Crippen LogP contribution is -1.91. The van der Waals surface area contributed by atoms with Crippen LogP contribution in [0.15, 0.2) is 81.2 Å². The standard InChI is InChI=1S/C21H17NO2P2/c1-22(25)26-23-18-12-10-14-6-2-4-8-16(14)20(18)21-17-9-5-3-7-15(17)11-13-19(21)24-26/h2-13H,25H2,1H3. The molecule has 5 rings (SSSR count). The molecular weight excluding hydrogens is 360 g/mol. The van der Waals surface area contributed by atoms with E-state index in [0.717, 1.165) is 21.9 Å². The zero-order valence-corrected chi connectivity index (χ0v) is 16.3. The number of nitrogens with zero attached hydrogens (tertiary/aromatic N) is 1. The molecule has 0 aliphatic rings. The van der Waals surface area contributed by atoms with E-state index in [-0.39, 0.29) is 0 Å². The van der Waals surface area contributed by atoms with Gasteiger partial charge in [-0.25, -0.2) is 0 Å². The van der Waals surface area contributed by atoms with Crippen molar-refractivity contribution >= 4 is 61.0 Å². The van der Waals surface area contributed by atoms with Crippen molar-refractivity contribution in [3.63, 3.8) is 0 Å². The van der Waals surface area contributed by atoms with Crippen LogP contribution in [0.25, 0.3) is 43.5 Å². The molecular formula is C21H17NO2P2. The molecule has 1 atom stereocenters. The summed E-state index contributed by atoms with van der Waals surface area (Å²) in [6.45, 7) is 0. The third kappa shape index (κ3) is 2.44. The van der Waals surface area contributed by atoms with Crippen molar-refractivity contribution in [3.05, 3.63) is 72.8 Å². The van der Waals surface area contributed by atoms with Crippen LogP contribution in [0.3, 0.4) is 0 Å². The third-order valence-electron chi connectivity index (χ3n) is 4.64. The summed E-state index contributed by atoms with van der Waals surface area (Å²) in [5, 5.41) is 6.95. The SMILES string of the molecule is CN(P)p1oc2ccc3ccccc3c2c2c(ccc3ccccc32)o1. The molecule has 26 heavy (non-hydrogen) atoms. The first-order valence-electron chi connectivity index (χ1n) is 8.40. The molecule has 0 spiro atoms. The Hall–Kier alpha value is -2.31. The maximum absolute atomic E-state index is 6.31. The van der Waals surface area contributed by atoms with Crippen LogP contribution in [0.2, 0.25) is 0 Å². The molecule has 0 saturated heterocycles. The van der Waals surface area contributed by atoms with Crippen LogP contribution in [0, 0.1) is 0 Å². The summed E-state index contributed by atoms with van der Waals surface area (Å²) in [6.07, 6.45) is 0. The van der Waals surface area contributed by atoms with Crippen molar-refractivity contribution < 1.29 is 8.39 Å². The van der Waals surface area contributed by atoms with Crippen LogP contribution in [0.4, 0.5) is 0 Å². The van der Waals surface area contributed by atoms with E-state index in [9.17, 15) is 0 Å². The highest BCUT2D eigenvalue weighted by Gasteiger charge is 2.13. The molecule has 5 heteroatoms. The van der Waals surface area contributed by atoms with Gasteiger partial charge in [0.25, 0.3) is 0 Å². The van der Waals surface area contributed by atoms with E-state index in [2.05, 4.69) is 82.2 Å². The average molecular weight is 377 g/mol. The predicted octanol–water partition coefficient (Wildman–Crippen LogP) is 6.95. The van der Waals surface area contributed by atoms with Crippen molar-refractivity contribution in [3.8, 4) is 0 Å². The van der Waals surface area contributed by atoms with Gasteiger partial charge in [-0.3, -0.25) is 0 Å². The predicted molar refractivity (Wildman–Crippen MR) is 115 cm³/mol. The first-order valence-corrected chi connectivity index (χ1v) is 10.1. The second kappa shape index (κ2) is 6.14. The summed E-state index contributed by atoms with van der Waals surface area (Å²) in [7, 11) is 3.35. The second-order valence-corrected chi connectivity index (χ2v) is 8.99. The van der Waals surface area contributed by atoms with Crippen LogP contribution >= 0.6 is 17.6 Å². The summed E-state index contributed by atoms with van der Waals surface area (Å²) < 4.78 is 14.5. The highest BCUT2D eigenvalue weighted by molar-refractivity contribution is 7.50. The molecule has 1 unspecified atom stereocenters. The fourth-order valence-corrected chi connectivity index (χ4v) is 4.71. The minimum Gasteiger partial charge on any atom is -0.408 e. The monoisotopic (exact) mass is 377 g/mol. The molecule has 0 aliphatic carbocycles. The van der Waals surface area contributed by atoms with Crippen LogP contribution in [0.5, 0.6) is 0 Å². The number of fused-ring (bicyclic) bond motifs is 7. The molecule has 0 fully saturated rings. The number of benzene rings is 4. The average Bonchev–Trinajstić information content (AvgIpc) is 2.85. The van der Waals surface area contributed by atoms with Crippen molar-refractivity contribution in [1.82, 2.24) is 0 Å². The topological polar surface area (TPSA) is 29.5 Å². The van der Waals surface area contributed by atoms with Gasteiger partial charge in [-0.15, -0.1) is 0 Å². The molecule has 1 heterocycles. The second-order valence-electron chi connectivity index (χ2n) is 6.31. The van der Waals surface area contributed by atoms with E-state index < -0.39 is 8.16 Å². The van der Waals surface area contributed by atoms with Gasteiger partial charge < -0.3 is 8.39 Å². The minimum absolute atomic E-state index is 0.860. The summed E-state index contributed by atoms with van der Waals surface area (Å²) in [6, 6.07) is 25.2. The lowest BCUT2D eigenvalue weighted by atomic mass is 9.99. The first-order chi connectivity index (χ1) is 12.7. The summed E-state index contributed by atoms with van der Waals surface area (Å²) in [4.78, 5) is 0. The lowest BCUT2D eigenvalue weighted by molar-refractivity contribution is 0.641. The molecule has 0 amide bonds. The van der Waals surface area contributed by atoms with Crippen LogP contribution in [0.1, 0.15) is 0 Å². The van der Waals surface area contributed by atoms with Crippen molar-refractivity contribution in [2.24, 2.45) is 0 Å². The Kier molecular flexibility index (Phi) is 3.76. The van der Waals surface area contributed by atoms with Gasteiger partial charge in [0.1, 0.15) is 11.2 Å². The van der Waals surface area contributed by atoms with Crippen LogP contribution < -0.4 is 4.44 Å². The lowest BCUT2D eigenvalue weighted by Gasteiger charge is -2.05. The fraction of sp³-hybridized carbons (Fsp3) is 0.0476. The molecule has 3 nitrogen and oxygen atoms in total. The quantitative estimate of drug-likeness (QED) is 0.296. The Morgan fingerprint density at radius 2 is 1.15 bits per heavy atom. The van der Waals surface area contributed by atoms with E-state index in [1.165, 1.54) is 21.5 Å². The molecule has 1 aromatic heterocycles. The minimum atomic E-state index is -1.25. The van der Waals surface area contributed by atoms with Gasteiger partial charge >= 0.3 is 8.16 Å². The Labute approximate surface area is 154 Å². The summed E-state index contributed by atoms with van der Waals surface area (Å²) in [5.74, 6) is 0. The van der Waals surface area contributed by atoms with Gasteiger partial charge in [0, 0.05) is 17.8 Å². The van der Waals surface area contributed by atoms with E-state index in [1.54, 1.807) is 0 Å². The van der Waals surface area contributed by atoms with Crippen LogP contribution in [-0.2, 0) is 0 Å². The Morgan fingerprint density at radius 1 is 0.692 bits per heavy atom. The van der Waals surface area contributed by atoms with E-state index in [1.807, 2.05) is 11.5 Å². The normalized spacial score (nSPS) is 11.8. The fourth-order valence-electron chi connectivity index (χ4n) is 3.49. The molecule has 5 aromatic rings. The Bertz CT molecular complexity index is 1230. The maximum Gasteiger partial charge on any atom is 0.312 e. The van der Waals surface area contributed by atoms with Crippen molar-refractivity contribution in [1.29, 1.82) is 0 Å². The number of rotatable bonds is 1. The molecule has 4 aromatic carbocycles. The van der Waals surface area contributed by atoms with Gasteiger partial charge in [-0.1, -0.05) is 70.1 Å². The van der Waals surface area contributed by atoms with Crippen molar-refractivity contribution in [2.45, 2.75) is 0 Å². The van der Waals surface area contributed by atoms with E-state index in [0.29, 0.717) is 0 Å².